The molecule has 160 valence electrons. The Labute approximate surface area is 179 Å². The van der Waals surface area contributed by atoms with Crippen LogP contribution in [0.2, 0.25) is 0 Å². The number of nitrogens with zero attached hydrogens (tertiary/aromatic N) is 4. The van der Waals surface area contributed by atoms with Crippen molar-refractivity contribution >= 4 is 20.9 Å². The first-order valence-corrected chi connectivity index (χ1v) is 11.6. The van der Waals surface area contributed by atoms with Crippen LogP contribution < -0.4 is 0 Å². The van der Waals surface area contributed by atoms with E-state index in [1.807, 2.05) is 36.1 Å². The van der Waals surface area contributed by atoms with Crippen molar-refractivity contribution < 1.29 is 12.8 Å². The van der Waals surface area contributed by atoms with Crippen LogP contribution in [0.4, 0.5) is 4.39 Å². The van der Waals surface area contributed by atoms with E-state index in [-0.39, 0.29) is 16.9 Å². The summed E-state index contributed by atoms with van der Waals surface area (Å²) in [5.74, 6) is -0.311. The maximum atomic E-state index is 13.2. The number of fused-ring (bicyclic) bond motifs is 1. The van der Waals surface area contributed by atoms with Crippen LogP contribution in [0.25, 0.3) is 22.0 Å². The van der Waals surface area contributed by atoms with Crippen LogP contribution in [0.3, 0.4) is 0 Å². The molecule has 2 aromatic heterocycles. The molecule has 7 nitrogen and oxygen atoms in total. The van der Waals surface area contributed by atoms with E-state index in [0.717, 1.165) is 28.5 Å². The topological polar surface area (TPSA) is 83.9 Å². The minimum atomic E-state index is -3.66. The molecule has 1 saturated heterocycles. The van der Waals surface area contributed by atoms with Crippen molar-refractivity contribution in [3.05, 3.63) is 66.9 Å². The zero-order valence-electron chi connectivity index (χ0n) is 16.9. The Morgan fingerprint density at radius 1 is 1.13 bits per heavy atom. The van der Waals surface area contributed by atoms with Gasteiger partial charge in [-0.1, -0.05) is 6.07 Å². The SMILES string of the molecule is C[C@H]1C[C@H](Cn2ncc3cc(-c4cn[nH]c4)ccc32)CN1S(=O)(=O)c1ccc(F)cc1. The summed E-state index contributed by atoms with van der Waals surface area (Å²) in [5.41, 5.74) is 3.09. The Balaban J connectivity index is 1.35. The van der Waals surface area contributed by atoms with Gasteiger partial charge in [-0.15, -0.1) is 0 Å². The first kappa shape index (κ1) is 19.9. The fourth-order valence-corrected chi connectivity index (χ4v) is 6.10. The second-order valence-corrected chi connectivity index (χ2v) is 9.96. The fourth-order valence-electron chi connectivity index (χ4n) is 4.38. The van der Waals surface area contributed by atoms with Crippen LogP contribution in [-0.4, -0.2) is 45.3 Å². The Morgan fingerprint density at radius 3 is 2.68 bits per heavy atom. The van der Waals surface area contributed by atoms with Gasteiger partial charge in [0.25, 0.3) is 0 Å². The quantitative estimate of drug-likeness (QED) is 0.514. The molecule has 4 aromatic rings. The number of H-pyrrole nitrogens is 1. The Bertz CT molecular complexity index is 1320. The number of sulfonamides is 1. The zero-order valence-corrected chi connectivity index (χ0v) is 17.8. The predicted octanol–water partition coefficient (Wildman–Crippen LogP) is 3.66. The van der Waals surface area contributed by atoms with E-state index < -0.39 is 15.8 Å². The van der Waals surface area contributed by atoms with E-state index in [9.17, 15) is 12.8 Å². The Hall–Kier alpha value is -3.04. The molecule has 2 aromatic carbocycles. The van der Waals surface area contributed by atoms with Crippen LogP contribution in [-0.2, 0) is 16.6 Å². The lowest BCUT2D eigenvalue weighted by Crippen LogP contribution is -2.34. The molecular formula is C22H22FN5O2S. The molecule has 9 heteroatoms. The van der Waals surface area contributed by atoms with Crippen molar-refractivity contribution in [1.29, 1.82) is 0 Å². The van der Waals surface area contributed by atoms with Gasteiger partial charge in [-0.3, -0.25) is 9.78 Å². The smallest absolute Gasteiger partial charge is 0.243 e. The van der Waals surface area contributed by atoms with Gasteiger partial charge in [0.2, 0.25) is 10.0 Å². The fraction of sp³-hybridized carbons (Fsp3) is 0.273. The molecule has 0 unspecified atom stereocenters. The first-order chi connectivity index (χ1) is 14.9. The van der Waals surface area contributed by atoms with E-state index >= 15 is 0 Å². The highest BCUT2D eigenvalue weighted by atomic mass is 32.2. The molecule has 2 atom stereocenters. The lowest BCUT2D eigenvalue weighted by molar-refractivity contribution is 0.396. The number of hydrogen-bond acceptors (Lipinski definition) is 4. The van der Waals surface area contributed by atoms with Gasteiger partial charge >= 0.3 is 0 Å². The number of hydrogen-bond donors (Lipinski definition) is 1. The van der Waals surface area contributed by atoms with Crippen LogP contribution in [0.1, 0.15) is 13.3 Å². The van der Waals surface area contributed by atoms with Crippen molar-refractivity contribution in [1.82, 2.24) is 24.3 Å². The van der Waals surface area contributed by atoms with Gasteiger partial charge in [-0.25, -0.2) is 12.8 Å². The van der Waals surface area contributed by atoms with Crippen molar-refractivity contribution in [2.45, 2.75) is 30.8 Å². The van der Waals surface area contributed by atoms with Crippen molar-refractivity contribution in [3.63, 3.8) is 0 Å². The maximum absolute atomic E-state index is 13.2. The molecule has 31 heavy (non-hydrogen) atoms. The second kappa shape index (κ2) is 7.58. The molecule has 3 heterocycles. The second-order valence-electron chi connectivity index (χ2n) is 8.07. The van der Waals surface area contributed by atoms with Gasteiger partial charge < -0.3 is 0 Å². The first-order valence-electron chi connectivity index (χ1n) is 10.1. The molecule has 1 fully saturated rings. The van der Waals surface area contributed by atoms with Crippen LogP contribution >= 0.6 is 0 Å². The highest BCUT2D eigenvalue weighted by Gasteiger charge is 2.38. The summed E-state index contributed by atoms with van der Waals surface area (Å²) >= 11 is 0. The largest absolute Gasteiger partial charge is 0.285 e. The molecule has 0 aliphatic carbocycles. The van der Waals surface area contributed by atoms with Gasteiger partial charge in [-0.05, 0) is 61.2 Å². The van der Waals surface area contributed by atoms with Gasteiger partial charge in [-0.2, -0.15) is 14.5 Å². The van der Waals surface area contributed by atoms with Crippen molar-refractivity contribution in [3.8, 4) is 11.1 Å². The van der Waals surface area contributed by atoms with Gasteiger partial charge in [0.1, 0.15) is 5.82 Å². The summed E-state index contributed by atoms with van der Waals surface area (Å²) in [6.45, 7) is 2.96. The molecule has 0 amide bonds. The van der Waals surface area contributed by atoms with E-state index in [1.54, 1.807) is 6.20 Å². The minimum Gasteiger partial charge on any atom is -0.285 e. The highest BCUT2D eigenvalue weighted by molar-refractivity contribution is 7.89. The van der Waals surface area contributed by atoms with Gasteiger partial charge in [0.15, 0.2) is 0 Å². The lowest BCUT2D eigenvalue weighted by Gasteiger charge is -2.21. The predicted molar refractivity (Wildman–Crippen MR) is 115 cm³/mol. The van der Waals surface area contributed by atoms with E-state index in [2.05, 4.69) is 21.4 Å². The number of aromatic amines is 1. The molecule has 1 aliphatic rings. The zero-order chi connectivity index (χ0) is 21.6. The van der Waals surface area contributed by atoms with E-state index in [0.29, 0.717) is 13.1 Å². The molecule has 1 aliphatic heterocycles. The molecule has 1 N–H and O–H groups in total. The summed E-state index contributed by atoms with van der Waals surface area (Å²) in [7, 11) is -3.66. The lowest BCUT2D eigenvalue weighted by atomic mass is 10.1. The summed E-state index contributed by atoms with van der Waals surface area (Å²) in [6, 6.07) is 11.0. The average Bonchev–Trinajstić information content (AvgIpc) is 3.49. The number of rotatable bonds is 5. The van der Waals surface area contributed by atoms with Gasteiger partial charge in [0, 0.05) is 36.3 Å². The van der Waals surface area contributed by atoms with Crippen molar-refractivity contribution in [2.24, 2.45) is 5.92 Å². The Morgan fingerprint density at radius 2 is 1.94 bits per heavy atom. The van der Waals surface area contributed by atoms with E-state index in [1.165, 1.54) is 28.6 Å². The molecule has 5 rings (SSSR count). The monoisotopic (exact) mass is 439 g/mol. The summed E-state index contributed by atoms with van der Waals surface area (Å²) < 4.78 is 42.8. The third-order valence-electron chi connectivity index (χ3n) is 5.93. The molecular weight excluding hydrogens is 417 g/mol. The molecule has 0 bridgehead atoms. The van der Waals surface area contributed by atoms with E-state index in [4.69, 9.17) is 0 Å². The average molecular weight is 440 g/mol. The third kappa shape index (κ3) is 3.64. The minimum absolute atomic E-state index is 0.123. The molecule has 0 radical (unpaired) electrons. The summed E-state index contributed by atoms with van der Waals surface area (Å²) in [6.07, 6.45) is 6.21. The maximum Gasteiger partial charge on any atom is 0.243 e. The summed E-state index contributed by atoms with van der Waals surface area (Å²) in [4.78, 5) is 0.123. The number of nitrogens with one attached hydrogen (secondary N) is 1. The number of aromatic nitrogens is 4. The van der Waals surface area contributed by atoms with Crippen LogP contribution in [0.15, 0.2) is 66.0 Å². The molecule has 0 spiro atoms. The highest BCUT2D eigenvalue weighted by Crippen LogP contribution is 2.31. The summed E-state index contributed by atoms with van der Waals surface area (Å²) in [5, 5.41) is 12.4. The van der Waals surface area contributed by atoms with Crippen molar-refractivity contribution in [2.75, 3.05) is 6.54 Å². The van der Waals surface area contributed by atoms with Crippen LogP contribution in [0.5, 0.6) is 0 Å². The Kier molecular flexibility index (Phi) is 4.86. The third-order valence-corrected chi connectivity index (χ3v) is 7.92. The normalized spacial score (nSPS) is 19.9. The number of benzene rings is 2. The molecule has 0 saturated carbocycles. The van der Waals surface area contributed by atoms with Gasteiger partial charge in [0.05, 0.1) is 22.8 Å². The standard InChI is InChI=1S/C22H22FN5O2S/c1-15-8-16(14-28(15)31(29,30)21-5-3-20(23)4-6-21)13-27-22-7-2-17(9-18(22)12-26-27)19-10-24-25-11-19/h2-7,9-12,15-16H,8,13-14H2,1H3,(H,24,25)/t15-,16+/m0/s1. The number of halogens is 1. The van der Waals surface area contributed by atoms with Crippen LogP contribution in [0, 0.1) is 11.7 Å².